The lowest BCUT2D eigenvalue weighted by molar-refractivity contribution is 0.104. The highest BCUT2D eigenvalue weighted by molar-refractivity contribution is 9.10. The Hall–Kier alpha value is -0.840. The molecule has 17 heavy (non-hydrogen) atoms. The van der Waals surface area contributed by atoms with Crippen molar-refractivity contribution in [3.63, 3.8) is 0 Å². The third-order valence-corrected chi connectivity index (χ3v) is 4.44. The molecular weight excluding hydrogens is 324 g/mol. The van der Waals surface area contributed by atoms with Gasteiger partial charge in [-0.2, -0.15) is 0 Å². The summed E-state index contributed by atoms with van der Waals surface area (Å²) in [7, 11) is 1.54. The van der Waals surface area contributed by atoms with Crippen molar-refractivity contribution >= 4 is 44.7 Å². The average Bonchev–Trinajstić information content (AvgIpc) is 2.80. The first-order valence-electron chi connectivity index (χ1n) is 4.75. The van der Waals surface area contributed by atoms with E-state index in [1.165, 1.54) is 11.3 Å². The molecule has 2 aromatic rings. The highest BCUT2D eigenvalue weighted by Gasteiger charge is 2.19. The molecule has 0 spiro atoms. The van der Waals surface area contributed by atoms with Crippen molar-refractivity contribution in [2.75, 3.05) is 7.11 Å². The first kappa shape index (κ1) is 12.6. The lowest BCUT2D eigenvalue weighted by Crippen LogP contribution is -2.01. The lowest BCUT2D eigenvalue weighted by Gasteiger charge is -2.05. The number of benzene rings is 1. The second kappa shape index (κ2) is 5.21. The Bertz CT molecular complexity index is 565. The van der Waals surface area contributed by atoms with E-state index in [1.807, 2.05) is 5.38 Å². The Morgan fingerprint density at radius 2 is 2.18 bits per heavy atom. The molecule has 0 aliphatic carbocycles. The van der Waals surface area contributed by atoms with Gasteiger partial charge >= 0.3 is 0 Å². The minimum absolute atomic E-state index is 0.122. The van der Waals surface area contributed by atoms with Gasteiger partial charge in [-0.3, -0.25) is 4.79 Å². The number of rotatable bonds is 3. The van der Waals surface area contributed by atoms with Crippen molar-refractivity contribution in [1.82, 2.24) is 0 Å². The van der Waals surface area contributed by atoms with Crippen LogP contribution in [-0.4, -0.2) is 12.9 Å². The summed E-state index contributed by atoms with van der Waals surface area (Å²) in [5, 5.41) is 2.24. The van der Waals surface area contributed by atoms with Crippen molar-refractivity contribution in [2.45, 2.75) is 0 Å². The van der Waals surface area contributed by atoms with Crippen LogP contribution in [0.15, 0.2) is 34.1 Å². The van der Waals surface area contributed by atoms with Gasteiger partial charge in [-0.1, -0.05) is 17.7 Å². The SMILES string of the molecule is COc1ccsc1C(=O)c1cccc(Br)c1Cl. The first-order valence-corrected chi connectivity index (χ1v) is 6.80. The summed E-state index contributed by atoms with van der Waals surface area (Å²) in [5.41, 5.74) is 0.474. The van der Waals surface area contributed by atoms with Crippen LogP contribution in [0.5, 0.6) is 5.75 Å². The lowest BCUT2D eigenvalue weighted by atomic mass is 10.1. The molecule has 0 N–H and O–H groups in total. The van der Waals surface area contributed by atoms with Crippen LogP contribution in [0.3, 0.4) is 0 Å². The standard InChI is InChI=1S/C12H8BrClO2S/c1-16-9-5-6-17-12(9)11(15)7-3-2-4-8(13)10(7)14/h2-6H,1H3. The Labute approximate surface area is 116 Å². The van der Waals surface area contributed by atoms with E-state index in [-0.39, 0.29) is 5.78 Å². The van der Waals surface area contributed by atoms with Gasteiger partial charge < -0.3 is 4.74 Å². The summed E-state index contributed by atoms with van der Waals surface area (Å²) in [4.78, 5) is 12.8. The van der Waals surface area contributed by atoms with Gasteiger partial charge in [-0.05, 0) is 39.5 Å². The quantitative estimate of drug-likeness (QED) is 0.779. The minimum Gasteiger partial charge on any atom is -0.495 e. The summed E-state index contributed by atoms with van der Waals surface area (Å²) in [6.07, 6.45) is 0. The van der Waals surface area contributed by atoms with Crippen LogP contribution < -0.4 is 4.74 Å². The van der Waals surface area contributed by atoms with Gasteiger partial charge in [-0.25, -0.2) is 0 Å². The Morgan fingerprint density at radius 1 is 1.41 bits per heavy atom. The van der Waals surface area contributed by atoms with Crippen LogP contribution in [0.1, 0.15) is 15.2 Å². The van der Waals surface area contributed by atoms with Crippen molar-refractivity contribution in [2.24, 2.45) is 0 Å². The molecule has 1 aromatic carbocycles. The van der Waals surface area contributed by atoms with E-state index in [0.717, 1.165) is 0 Å². The molecule has 1 aromatic heterocycles. The number of ketones is 1. The molecule has 2 nitrogen and oxygen atoms in total. The number of thiophene rings is 1. The molecule has 2 rings (SSSR count). The highest BCUT2D eigenvalue weighted by atomic mass is 79.9. The summed E-state index contributed by atoms with van der Waals surface area (Å²) in [6.45, 7) is 0. The maximum atomic E-state index is 12.3. The summed E-state index contributed by atoms with van der Waals surface area (Å²) in [5.74, 6) is 0.458. The molecule has 0 bridgehead atoms. The number of carbonyl (C=O) groups excluding carboxylic acids is 1. The molecule has 0 amide bonds. The molecule has 0 fully saturated rings. The summed E-state index contributed by atoms with van der Waals surface area (Å²) in [6, 6.07) is 7.05. The van der Waals surface area contributed by atoms with Crippen LogP contribution in [0.4, 0.5) is 0 Å². The van der Waals surface area contributed by atoms with Crippen molar-refractivity contribution in [3.8, 4) is 5.75 Å². The van der Waals surface area contributed by atoms with E-state index in [9.17, 15) is 4.79 Å². The largest absolute Gasteiger partial charge is 0.495 e. The number of hydrogen-bond donors (Lipinski definition) is 0. The maximum absolute atomic E-state index is 12.3. The van der Waals surface area contributed by atoms with Gasteiger partial charge in [0.25, 0.3) is 0 Å². The van der Waals surface area contributed by atoms with Crippen LogP contribution in [-0.2, 0) is 0 Å². The van der Waals surface area contributed by atoms with Gasteiger partial charge in [-0.15, -0.1) is 11.3 Å². The smallest absolute Gasteiger partial charge is 0.208 e. The number of carbonyl (C=O) groups is 1. The van der Waals surface area contributed by atoms with Crippen molar-refractivity contribution in [1.29, 1.82) is 0 Å². The van der Waals surface area contributed by atoms with Gasteiger partial charge in [0.15, 0.2) is 0 Å². The summed E-state index contributed by atoms with van der Waals surface area (Å²) < 4.78 is 5.84. The van der Waals surface area contributed by atoms with Crippen molar-refractivity contribution < 1.29 is 9.53 Å². The highest BCUT2D eigenvalue weighted by Crippen LogP contribution is 2.32. The minimum atomic E-state index is -0.122. The monoisotopic (exact) mass is 330 g/mol. The molecule has 0 aliphatic heterocycles. The Kier molecular flexibility index (Phi) is 3.86. The fraction of sp³-hybridized carbons (Fsp3) is 0.0833. The van der Waals surface area contributed by atoms with Crippen LogP contribution in [0.25, 0.3) is 0 Å². The zero-order chi connectivity index (χ0) is 12.4. The zero-order valence-corrected chi connectivity index (χ0v) is 12.0. The molecule has 0 saturated heterocycles. The van der Waals surface area contributed by atoms with Crippen LogP contribution in [0, 0.1) is 0 Å². The summed E-state index contributed by atoms with van der Waals surface area (Å²) >= 11 is 10.7. The van der Waals surface area contributed by atoms with Crippen molar-refractivity contribution in [3.05, 3.63) is 49.6 Å². The van der Waals surface area contributed by atoms with Gasteiger partial charge in [0.1, 0.15) is 10.6 Å². The normalized spacial score (nSPS) is 10.3. The van der Waals surface area contributed by atoms with E-state index in [1.54, 1.807) is 31.4 Å². The van der Waals surface area contributed by atoms with Gasteiger partial charge in [0.05, 0.1) is 12.1 Å². The molecule has 5 heteroatoms. The molecular formula is C12H8BrClO2S. The van der Waals surface area contributed by atoms with Gasteiger partial charge in [0.2, 0.25) is 5.78 Å². The first-order chi connectivity index (χ1) is 8.15. The Morgan fingerprint density at radius 3 is 2.88 bits per heavy atom. The number of ether oxygens (including phenoxy) is 1. The molecule has 0 radical (unpaired) electrons. The fourth-order valence-corrected chi connectivity index (χ4v) is 2.82. The van der Waals surface area contributed by atoms with Crippen LogP contribution in [0.2, 0.25) is 5.02 Å². The third kappa shape index (κ3) is 2.39. The molecule has 88 valence electrons. The Balaban J connectivity index is 2.48. The number of halogens is 2. The van der Waals surface area contributed by atoms with E-state index in [0.29, 0.717) is 25.7 Å². The second-order valence-electron chi connectivity index (χ2n) is 3.25. The fourth-order valence-electron chi connectivity index (χ4n) is 1.43. The van der Waals surface area contributed by atoms with E-state index >= 15 is 0 Å². The molecule has 0 unspecified atom stereocenters. The predicted molar refractivity (Wildman–Crippen MR) is 73.5 cm³/mol. The number of hydrogen-bond acceptors (Lipinski definition) is 3. The maximum Gasteiger partial charge on any atom is 0.208 e. The second-order valence-corrected chi connectivity index (χ2v) is 5.40. The average molecular weight is 332 g/mol. The van der Waals surface area contributed by atoms with E-state index in [4.69, 9.17) is 16.3 Å². The zero-order valence-electron chi connectivity index (χ0n) is 8.87. The number of methoxy groups -OCH3 is 1. The van der Waals surface area contributed by atoms with Gasteiger partial charge in [0, 0.05) is 10.0 Å². The topological polar surface area (TPSA) is 26.3 Å². The molecule has 0 saturated carbocycles. The molecule has 0 aliphatic rings. The predicted octanol–water partition coefficient (Wildman–Crippen LogP) is 4.40. The molecule has 0 atom stereocenters. The van der Waals surface area contributed by atoms with E-state index in [2.05, 4.69) is 15.9 Å². The third-order valence-electron chi connectivity index (χ3n) is 2.25. The van der Waals surface area contributed by atoms with Crippen LogP contribution >= 0.6 is 38.9 Å². The molecule has 1 heterocycles. The van der Waals surface area contributed by atoms with E-state index < -0.39 is 0 Å².